The van der Waals surface area contributed by atoms with Gasteiger partial charge in [0.15, 0.2) is 0 Å². The van der Waals surface area contributed by atoms with E-state index in [2.05, 4.69) is 4.98 Å². The molecule has 3 aromatic rings. The minimum atomic E-state index is -1.86. The third-order valence-corrected chi connectivity index (χ3v) is 3.76. The Hall–Kier alpha value is -2.98. The number of aromatic nitrogens is 1. The molecule has 0 saturated heterocycles. The number of benzene rings is 2. The predicted molar refractivity (Wildman–Crippen MR) is 89.9 cm³/mol. The zero-order valence-corrected chi connectivity index (χ0v) is 13.0. The fourth-order valence-corrected chi connectivity index (χ4v) is 2.49. The lowest BCUT2D eigenvalue weighted by Crippen LogP contribution is -2.38. The Balaban J connectivity index is 1.92. The molecule has 4 nitrogen and oxygen atoms in total. The lowest BCUT2D eigenvalue weighted by molar-refractivity contribution is -0.163. The van der Waals surface area contributed by atoms with Crippen LogP contribution in [0.15, 0.2) is 85.1 Å². The number of pyridine rings is 1. The third-order valence-electron chi connectivity index (χ3n) is 3.76. The second-order valence-electron chi connectivity index (χ2n) is 5.34. The maximum Gasteiger partial charge on any atom is 0.348 e. The fraction of sp³-hybridized carbons (Fsp3) is 0.100. The highest BCUT2D eigenvalue weighted by Gasteiger charge is 2.41. The molecule has 0 unspecified atom stereocenters. The fourth-order valence-electron chi connectivity index (χ4n) is 2.49. The molecule has 0 aliphatic rings. The van der Waals surface area contributed by atoms with E-state index in [1.54, 1.807) is 66.9 Å². The molecule has 0 spiro atoms. The monoisotopic (exact) mass is 319 g/mol. The van der Waals surface area contributed by atoms with E-state index in [9.17, 15) is 9.90 Å². The van der Waals surface area contributed by atoms with Crippen LogP contribution in [0.5, 0.6) is 0 Å². The lowest BCUT2D eigenvalue weighted by Gasteiger charge is -2.27. The zero-order chi connectivity index (χ0) is 16.8. The number of nitrogens with zero attached hydrogens (tertiary/aromatic N) is 1. The van der Waals surface area contributed by atoms with Crippen molar-refractivity contribution in [2.45, 2.75) is 12.2 Å². The molecule has 1 heterocycles. The van der Waals surface area contributed by atoms with Crippen molar-refractivity contribution in [2.24, 2.45) is 0 Å². The van der Waals surface area contributed by atoms with Crippen molar-refractivity contribution in [1.29, 1.82) is 0 Å². The molecule has 0 atom stereocenters. The van der Waals surface area contributed by atoms with Gasteiger partial charge in [-0.15, -0.1) is 0 Å². The molecular weight excluding hydrogens is 302 g/mol. The van der Waals surface area contributed by atoms with Crippen LogP contribution in [0.3, 0.4) is 0 Å². The van der Waals surface area contributed by atoms with Crippen molar-refractivity contribution in [1.82, 2.24) is 4.98 Å². The summed E-state index contributed by atoms with van der Waals surface area (Å²) in [5.41, 5.74) is -0.323. The van der Waals surface area contributed by atoms with Gasteiger partial charge in [0, 0.05) is 6.20 Å². The number of carbonyl (C=O) groups is 1. The Kier molecular flexibility index (Phi) is 4.68. The van der Waals surface area contributed by atoms with Crippen molar-refractivity contribution in [3.8, 4) is 0 Å². The van der Waals surface area contributed by atoms with Gasteiger partial charge >= 0.3 is 5.97 Å². The summed E-state index contributed by atoms with van der Waals surface area (Å²) in [7, 11) is 0. The average Bonchev–Trinajstić information content (AvgIpc) is 2.67. The van der Waals surface area contributed by atoms with Crippen LogP contribution in [-0.4, -0.2) is 16.1 Å². The summed E-state index contributed by atoms with van der Waals surface area (Å²) in [4.78, 5) is 16.9. The molecular formula is C20H17NO3. The summed E-state index contributed by atoms with van der Waals surface area (Å²) in [5.74, 6) is -0.731. The van der Waals surface area contributed by atoms with Crippen LogP contribution < -0.4 is 0 Å². The molecule has 0 amide bonds. The summed E-state index contributed by atoms with van der Waals surface area (Å²) < 4.78 is 5.35. The van der Waals surface area contributed by atoms with Gasteiger partial charge in [0.25, 0.3) is 0 Å². The first kappa shape index (κ1) is 15.9. The van der Waals surface area contributed by atoms with E-state index in [0.717, 1.165) is 0 Å². The second-order valence-corrected chi connectivity index (χ2v) is 5.34. The lowest BCUT2D eigenvalue weighted by atomic mass is 9.86. The Morgan fingerprint density at radius 2 is 1.42 bits per heavy atom. The van der Waals surface area contributed by atoms with Crippen LogP contribution in [0.25, 0.3) is 0 Å². The van der Waals surface area contributed by atoms with Gasteiger partial charge in [0.05, 0.1) is 5.69 Å². The Morgan fingerprint density at radius 1 is 0.875 bits per heavy atom. The SMILES string of the molecule is O=C(OCc1ccccn1)C(O)(c1ccccc1)c1ccccc1. The van der Waals surface area contributed by atoms with E-state index in [1.165, 1.54) is 0 Å². The van der Waals surface area contributed by atoms with Crippen LogP contribution in [0, 0.1) is 0 Å². The Labute approximate surface area is 140 Å². The van der Waals surface area contributed by atoms with Crippen LogP contribution in [-0.2, 0) is 21.7 Å². The summed E-state index contributed by atoms with van der Waals surface area (Å²) in [6.45, 7) is 0.00164. The number of hydrogen-bond acceptors (Lipinski definition) is 4. The van der Waals surface area contributed by atoms with E-state index < -0.39 is 11.6 Å². The van der Waals surface area contributed by atoms with E-state index in [0.29, 0.717) is 16.8 Å². The quantitative estimate of drug-likeness (QED) is 0.734. The number of hydrogen-bond donors (Lipinski definition) is 1. The first-order chi connectivity index (χ1) is 11.7. The molecule has 0 bridgehead atoms. The average molecular weight is 319 g/mol. The highest BCUT2D eigenvalue weighted by atomic mass is 16.5. The van der Waals surface area contributed by atoms with Gasteiger partial charge in [0.1, 0.15) is 6.61 Å². The molecule has 3 rings (SSSR count). The van der Waals surface area contributed by atoms with E-state index in [4.69, 9.17) is 4.74 Å². The number of carbonyl (C=O) groups excluding carboxylic acids is 1. The minimum Gasteiger partial charge on any atom is -0.457 e. The molecule has 0 aliphatic carbocycles. The maximum absolute atomic E-state index is 12.7. The van der Waals surface area contributed by atoms with Crippen LogP contribution in [0.4, 0.5) is 0 Å². The molecule has 0 fully saturated rings. The number of ether oxygens (including phenoxy) is 1. The third kappa shape index (κ3) is 3.19. The maximum atomic E-state index is 12.7. The van der Waals surface area contributed by atoms with Gasteiger partial charge in [-0.3, -0.25) is 4.98 Å². The molecule has 0 saturated carbocycles. The topological polar surface area (TPSA) is 59.4 Å². The van der Waals surface area contributed by atoms with E-state index >= 15 is 0 Å². The first-order valence-electron chi connectivity index (χ1n) is 7.62. The summed E-state index contributed by atoms with van der Waals surface area (Å²) >= 11 is 0. The number of rotatable bonds is 5. The highest BCUT2D eigenvalue weighted by Crippen LogP contribution is 2.31. The van der Waals surface area contributed by atoms with Gasteiger partial charge in [-0.2, -0.15) is 0 Å². The van der Waals surface area contributed by atoms with Crippen LogP contribution in [0.1, 0.15) is 16.8 Å². The minimum absolute atomic E-state index is 0.00164. The molecule has 4 heteroatoms. The van der Waals surface area contributed by atoms with Gasteiger partial charge in [-0.1, -0.05) is 66.7 Å². The molecule has 24 heavy (non-hydrogen) atoms. The number of aliphatic hydroxyl groups is 1. The summed E-state index contributed by atoms with van der Waals surface area (Å²) in [6.07, 6.45) is 1.63. The van der Waals surface area contributed by atoms with Crippen molar-refractivity contribution in [3.63, 3.8) is 0 Å². The molecule has 1 N–H and O–H groups in total. The van der Waals surface area contributed by atoms with Gasteiger partial charge < -0.3 is 9.84 Å². The molecule has 0 radical (unpaired) electrons. The summed E-state index contributed by atoms with van der Waals surface area (Å²) in [5, 5.41) is 11.2. The molecule has 1 aromatic heterocycles. The highest BCUT2D eigenvalue weighted by molar-refractivity contribution is 5.85. The molecule has 120 valence electrons. The van der Waals surface area contributed by atoms with Crippen molar-refractivity contribution in [3.05, 3.63) is 102 Å². The van der Waals surface area contributed by atoms with Crippen molar-refractivity contribution < 1.29 is 14.6 Å². The zero-order valence-electron chi connectivity index (χ0n) is 13.0. The smallest absolute Gasteiger partial charge is 0.348 e. The standard InChI is InChI=1S/C20H17NO3/c22-19(24-15-18-13-7-8-14-21-18)20(23,16-9-3-1-4-10-16)17-11-5-2-6-12-17/h1-14,23H,15H2. The number of esters is 1. The Morgan fingerprint density at radius 3 is 1.92 bits per heavy atom. The second kappa shape index (κ2) is 7.06. The van der Waals surface area contributed by atoms with Gasteiger partial charge in [-0.25, -0.2) is 4.79 Å². The van der Waals surface area contributed by atoms with E-state index in [-0.39, 0.29) is 6.61 Å². The first-order valence-corrected chi connectivity index (χ1v) is 7.62. The predicted octanol–water partition coefficient (Wildman–Crippen LogP) is 3.06. The largest absolute Gasteiger partial charge is 0.457 e. The molecule has 0 aliphatic heterocycles. The normalized spacial score (nSPS) is 11.0. The van der Waals surface area contributed by atoms with Gasteiger partial charge in [0.2, 0.25) is 5.60 Å². The Bertz CT molecular complexity index is 749. The van der Waals surface area contributed by atoms with Crippen LogP contribution >= 0.6 is 0 Å². The van der Waals surface area contributed by atoms with Crippen LogP contribution in [0.2, 0.25) is 0 Å². The van der Waals surface area contributed by atoms with Gasteiger partial charge in [-0.05, 0) is 23.3 Å². The van der Waals surface area contributed by atoms with Crippen molar-refractivity contribution >= 4 is 5.97 Å². The molecule has 2 aromatic carbocycles. The van der Waals surface area contributed by atoms with Crippen molar-refractivity contribution in [2.75, 3.05) is 0 Å². The summed E-state index contributed by atoms with van der Waals surface area (Å²) in [6, 6.07) is 22.9. The van der Waals surface area contributed by atoms with E-state index in [1.807, 2.05) is 18.2 Å².